The molecule has 0 aromatic heterocycles. The molecule has 1 atom stereocenters. The van der Waals surface area contributed by atoms with E-state index < -0.39 is 0 Å². The SMILES string of the molecule is Cc1ccc(NC(=O)N2CCN(CC(=O)N3CCCCC3C)CC2)c(Cl)c1. The van der Waals surface area contributed by atoms with Crippen LogP contribution >= 0.6 is 11.6 Å². The van der Waals surface area contributed by atoms with Crippen LogP contribution in [0.2, 0.25) is 5.02 Å². The fraction of sp³-hybridized carbons (Fsp3) is 0.600. The van der Waals surface area contributed by atoms with E-state index in [0.717, 1.165) is 24.9 Å². The number of rotatable bonds is 3. The number of hydrogen-bond donors (Lipinski definition) is 1. The summed E-state index contributed by atoms with van der Waals surface area (Å²) >= 11 is 6.19. The Hall–Kier alpha value is -1.79. The monoisotopic (exact) mass is 392 g/mol. The molecule has 1 unspecified atom stereocenters. The number of aryl methyl sites for hydroxylation is 1. The zero-order valence-corrected chi connectivity index (χ0v) is 17.0. The third-order valence-corrected chi connectivity index (χ3v) is 5.82. The Bertz CT molecular complexity index is 689. The van der Waals surface area contributed by atoms with Crippen molar-refractivity contribution < 1.29 is 9.59 Å². The molecule has 2 saturated heterocycles. The van der Waals surface area contributed by atoms with Crippen LogP contribution in [0.5, 0.6) is 0 Å². The molecular weight excluding hydrogens is 364 g/mol. The number of piperidine rings is 1. The van der Waals surface area contributed by atoms with Crippen LogP contribution < -0.4 is 5.32 Å². The smallest absolute Gasteiger partial charge is 0.321 e. The summed E-state index contributed by atoms with van der Waals surface area (Å²) in [5.41, 5.74) is 1.68. The number of hydrogen-bond acceptors (Lipinski definition) is 3. The Morgan fingerprint density at radius 2 is 1.89 bits per heavy atom. The van der Waals surface area contributed by atoms with Crippen molar-refractivity contribution in [3.05, 3.63) is 28.8 Å². The van der Waals surface area contributed by atoms with Crippen LogP contribution in [0.4, 0.5) is 10.5 Å². The molecule has 1 aromatic carbocycles. The lowest BCUT2D eigenvalue weighted by molar-refractivity contribution is -0.136. The molecule has 0 saturated carbocycles. The van der Waals surface area contributed by atoms with E-state index in [1.807, 2.05) is 30.0 Å². The van der Waals surface area contributed by atoms with Gasteiger partial charge in [0, 0.05) is 38.8 Å². The first-order valence-electron chi connectivity index (χ1n) is 9.78. The molecule has 2 aliphatic heterocycles. The second kappa shape index (κ2) is 8.93. The molecule has 0 bridgehead atoms. The van der Waals surface area contributed by atoms with E-state index in [0.29, 0.717) is 49.5 Å². The van der Waals surface area contributed by atoms with Gasteiger partial charge in [-0.25, -0.2) is 4.79 Å². The number of nitrogens with one attached hydrogen (secondary N) is 1. The average molecular weight is 393 g/mol. The number of carbonyl (C=O) groups excluding carboxylic acids is 2. The van der Waals surface area contributed by atoms with Crippen LogP contribution in [0.1, 0.15) is 31.7 Å². The first-order valence-corrected chi connectivity index (χ1v) is 10.2. The van der Waals surface area contributed by atoms with Crippen LogP contribution in [0.3, 0.4) is 0 Å². The fourth-order valence-electron chi connectivity index (χ4n) is 3.78. The van der Waals surface area contributed by atoms with Gasteiger partial charge in [0.1, 0.15) is 0 Å². The van der Waals surface area contributed by atoms with E-state index in [9.17, 15) is 9.59 Å². The number of amides is 3. The lowest BCUT2D eigenvalue weighted by Gasteiger charge is -2.38. The summed E-state index contributed by atoms with van der Waals surface area (Å²) in [5, 5.41) is 3.43. The predicted molar refractivity (Wildman–Crippen MR) is 108 cm³/mol. The molecule has 0 aliphatic carbocycles. The molecular formula is C20H29ClN4O2. The van der Waals surface area contributed by atoms with E-state index in [1.165, 1.54) is 6.42 Å². The molecule has 0 radical (unpaired) electrons. The number of urea groups is 1. The summed E-state index contributed by atoms with van der Waals surface area (Å²) in [6.07, 6.45) is 3.41. The normalized spacial score (nSPS) is 21.2. The molecule has 1 N–H and O–H groups in total. The summed E-state index contributed by atoms with van der Waals surface area (Å²) in [4.78, 5) is 31.0. The summed E-state index contributed by atoms with van der Waals surface area (Å²) in [6, 6.07) is 5.79. The Kier molecular flexibility index (Phi) is 6.60. The van der Waals surface area contributed by atoms with Gasteiger partial charge in [0.15, 0.2) is 0 Å². The standard InChI is InChI=1S/C20H29ClN4O2/c1-15-6-7-18(17(21)13-15)22-20(27)24-11-9-23(10-12-24)14-19(26)25-8-4-3-5-16(25)2/h6-7,13,16H,3-5,8-12,14H2,1-2H3,(H,22,27). The van der Waals surface area contributed by atoms with Crippen LogP contribution in [0, 0.1) is 6.92 Å². The van der Waals surface area contributed by atoms with Crippen molar-refractivity contribution in [1.29, 1.82) is 0 Å². The van der Waals surface area contributed by atoms with Gasteiger partial charge in [0.2, 0.25) is 5.91 Å². The molecule has 3 amide bonds. The summed E-state index contributed by atoms with van der Waals surface area (Å²) < 4.78 is 0. The van der Waals surface area contributed by atoms with E-state index in [4.69, 9.17) is 11.6 Å². The van der Waals surface area contributed by atoms with Gasteiger partial charge in [-0.15, -0.1) is 0 Å². The van der Waals surface area contributed by atoms with Gasteiger partial charge in [-0.05, 0) is 50.8 Å². The second-order valence-corrected chi connectivity index (χ2v) is 8.02. The third kappa shape index (κ3) is 5.14. The Morgan fingerprint density at radius 1 is 1.15 bits per heavy atom. The number of likely N-dealkylation sites (tertiary alicyclic amines) is 1. The second-order valence-electron chi connectivity index (χ2n) is 7.61. The number of piperazine rings is 1. The van der Waals surface area contributed by atoms with Gasteiger partial charge >= 0.3 is 6.03 Å². The van der Waals surface area contributed by atoms with E-state index in [2.05, 4.69) is 17.1 Å². The molecule has 2 aliphatic rings. The maximum atomic E-state index is 12.6. The molecule has 148 valence electrons. The quantitative estimate of drug-likeness (QED) is 0.859. The molecule has 6 nitrogen and oxygen atoms in total. The summed E-state index contributed by atoms with van der Waals surface area (Å²) in [7, 11) is 0. The minimum Gasteiger partial charge on any atom is -0.339 e. The van der Waals surface area contributed by atoms with Crippen molar-refractivity contribution in [1.82, 2.24) is 14.7 Å². The van der Waals surface area contributed by atoms with E-state index in [-0.39, 0.29) is 11.9 Å². The first kappa shape index (κ1) is 20.0. The number of halogens is 1. The molecule has 1 aromatic rings. The average Bonchev–Trinajstić information content (AvgIpc) is 2.65. The van der Waals surface area contributed by atoms with Gasteiger partial charge in [0.05, 0.1) is 17.3 Å². The Labute approximate surface area is 166 Å². The van der Waals surface area contributed by atoms with Crippen molar-refractivity contribution in [2.75, 3.05) is 44.6 Å². The lowest BCUT2D eigenvalue weighted by Crippen LogP contribution is -2.53. The number of nitrogens with zero attached hydrogens (tertiary/aromatic N) is 3. The molecule has 2 heterocycles. The predicted octanol–water partition coefficient (Wildman–Crippen LogP) is 3.20. The van der Waals surface area contributed by atoms with Gasteiger partial charge < -0.3 is 15.1 Å². The molecule has 7 heteroatoms. The zero-order valence-electron chi connectivity index (χ0n) is 16.2. The third-order valence-electron chi connectivity index (χ3n) is 5.51. The summed E-state index contributed by atoms with van der Waals surface area (Å²) in [5.74, 6) is 0.214. The van der Waals surface area contributed by atoms with Gasteiger partial charge in [0.25, 0.3) is 0 Å². The van der Waals surface area contributed by atoms with Gasteiger partial charge in [-0.2, -0.15) is 0 Å². The Balaban J connectivity index is 1.46. The van der Waals surface area contributed by atoms with Crippen molar-refractivity contribution in [3.8, 4) is 0 Å². The fourth-order valence-corrected chi connectivity index (χ4v) is 4.06. The minimum absolute atomic E-state index is 0.142. The largest absolute Gasteiger partial charge is 0.339 e. The zero-order chi connectivity index (χ0) is 19.4. The highest BCUT2D eigenvalue weighted by molar-refractivity contribution is 6.33. The van der Waals surface area contributed by atoms with E-state index >= 15 is 0 Å². The number of benzene rings is 1. The van der Waals surface area contributed by atoms with E-state index in [1.54, 1.807) is 4.90 Å². The molecule has 27 heavy (non-hydrogen) atoms. The van der Waals surface area contributed by atoms with Crippen LogP contribution in [-0.4, -0.2) is 71.9 Å². The number of carbonyl (C=O) groups is 2. The Morgan fingerprint density at radius 3 is 2.56 bits per heavy atom. The summed E-state index contributed by atoms with van der Waals surface area (Å²) in [6.45, 7) is 8.06. The van der Waals surface area contributed by atoms with Crippen molar-refractivity contribution in [2.45, 2.75) is 39.2 Å². The maximum absolute atomic E-state index is 12.6. The van der Waals surface area contributed by atoms with Gasteiger partial charge in [-0.3, -0.25) is 9.69 Å². The van der Waals surface area contributed by atoms with Gasteiger partial charge in [-0.1, -0.05) is 17.7 Å². The molecule has 3 rings (SSSR count). The minimum atomic E-state index is -0.142. The molecule has 2 fully saturated rings. The number of anilines is 1. The first-order chi connectivity index (χ1) is 12.9. The molecule has 0 spiro atoms. The highest BCUT2D eigenvalue weighted by Gasteiger charge is 2.27. The topological polar surface area (TPSA) is 55.9 Å². The van der Waals surface area contributed by atoms with Crippen molar-refractivity contribution in [3.63, 3.8) is 0 Å². The van der Waals surface area contributed by atoms with Crippen LogP contribution in [-0.2, 0) is 4.79 Å². The van der Waals surface area contributed by atoms with Crippen LogP contribution in [0.15, 0.2) is 18.2 Å². The van der Waals surface area contributed by atoms with Crippen molar-refractivity contribution >= 4 is 29.2 Å². The lowest BCUT2D eigenvalue weighted by atomic mass is 10.0. The highest BCUT2D eigenvalue weighted by atomic mass is 35.5. The maximum Gasteiger partial charge on any atom is 0.321 e. The highest BCUT2D eigenvalue weighted by Crippen LogP contribution is 2.23. The van der Waals surface area contributed by atoms with Crippen LogP contribution in [0.25, 0.3) is 0 Å². The van der Waals surface area contributed by atoms with Crippen molar-refractivity contribution in [2.24, 2.45) is 0 Å².